The average molecular weight is 470 g/mol. The number of halogens is 2. The van der Waals surface area contributed by atoms with Gasteiger partial charge in [-0.3, -0.25) is 4.79 Å². The predicted molar refractivity (Wildman–Crippen MR) is 105 cm³/mol. The fraction of sp³-hybridized carbons (Fsp3) is 0.278. The minimum absolute atomic E-state index is 0.0631. The van der Waals surface area contributed by atoms with E-state index in [0.29, 0.717) is 5.75 Å². The molecule has 1 fully saturated rings. The van der Waals surface area contributed by atoms with Crippen LogP contribution in [0, 0.1) is 0 Å². The molecule has 1 aliphatic heterocycles. The Morgan fingerprint density at radius 2 is 1.72 bits per heavy atom. The highest BCUT2D eigenvalue weighted by atomic mass is 79.9. The lowest BCUT2D eigenvalue weighted by Crippen LogP contribution is -2.36. The molecule has 1 saturated heterocycles. The van der Waals surface area contributed by atoms with Gasteiger partial charge in [0.1, 0.15) is 5.75 Å². The van der Waals surface area contributed by atoms with Gasteiger partial charge in [-0.25, -0.2) is 0 Å². The molecule has 0 radical (unpaired) electrons. The Kier molecular flexibility index (Phi) is 6.34. The Labute approximate surface area is 163 Å². The zero-order chi connectivity index (χ0) is 17.6. The largest absolute Gasteiger partial charge is 0.481 e. The number of nitrogens with one attached hydrogen (secondary N) is 1. The van der Waals surface area contributed by atoms with Crippen molar-refractivity contribution in [1.29, 1.82) is 0 Å². The predicted octanol–water partition coefficient (Wildman–Crippen LogP) is 4.07. The number of amides is 1. The highest BCUT2D eigenvalue weighted by Gasteiger charge is 2.12. The van der Waals surface area contributed by atoms with Crippen molar-refractivity contribution in [2.75, 3.05) is 43.1 Å². The summed E-state index contributed by atoms with van der Waals surface area (Å²) in [6, 6.07) is 13.4. The topological polar surface area (TPSA) is 50.8 Å². The third-order valence-electron chi connectivity index (χ3n) is 3.79. The van der Waals surface area contributed by atoms with Crippen LogP contribution in [0.2, 0.25) is 0 Å². The second-order valence-corrected chi connectivity index (χ2v) is 7.24. The summed E-state index contributed by atoms with van der Waals surface area (Å²) < 4.78 is 12.5. The normalized spacial score (nSPS) is 14.2. The monoisotopic (exact) mass is 468 g/mol. The van der Waals surface area contributed by atoms with Crippen molar-refractivity contribution in [3.05, 3.63) is 51.4 Å². The number of rotatable bonds is 5. The maximum absolute atomic E-state index is 12.1. The molecule has 3 rings (SSSR count). The van der Waals surface area contributed by atoms with Crippen molar-refractivity contribution in [2.45, 2.75) is 0 Å². The molecule has 2 aromatic carbocycles. The molecule has 5 nitrogen and oxygen atoms in total. The molecule has 1 amide bonds. The molecule has 0 aromatic heterocycles. The molecule has 0 aliphatic carbocycles. The number of hydrogen-bond acceptors (Lipinski definition) is 4. The van der Waals surface area contributed by atoms with E-state index < -0.39 is 0 Å². The summed E-state index contributed by atoms with van der Waals surface area (Å²) in [4.78, 5) is 14.4. The standard InChI is InChI=1S/C18H18Br2N2O3/c19-15-2-1-3-16(20)18(15)25-12-17(23)21-13-4-6-14(7-5-13)22-8-10-24-11-9-22/h1-7H,8-12H2,(H,21,23). The number of anilines is 2. The summed E-state index contributed by atoms with van der Waals surface area (Å²) in [6.07, 6.45) is 0. The van der Waals surface area contributed by atoms with Crippen LogP contribution in [0.25, 0.3) is 0 Å². The lowest BCUT2D eigenvalue weighted by atomic mass is 10.2. The van der Waals surface area contributed by atoms with E-state index in [9.17, 15) is 4.79 Å². The van der Waals surface area contributed by atoms with E-state index >= 15 is 0 Å². The molecular weight excluding hydrogens is 452 g/mol. The molecular formula is C18H18Br2N2O3. The third-order valence-corrected chi connectivity index (χ3v) is 5.04. The summed E-state index contributed by atoms with van der Waals surface area (Å²) >= 11 is 6.82. The first kappa shape index (κ1) is 18.2. The molecule has 0 spiro atoms. The molecule has 1 aliphatic rings. The van der Waals surface area contributed by atoms with Crippen LogP contribution in [0.5, 0.6) is 5.75 Å². The lowest BCUT2D eigenvalue weighted by molar-refractivity contribution is -0.118. The first-order chi connectivity index (χ1) is 12.1. The molecule has 0 saturated carbocycles. The van der Waals surface area contributed by atoms with Crippen molar-refractivity contribution in [1.82, 2.24) is 0 Å². The zero-order valence-electron chi connectivity index (χ0n) is 13.5. The van der Waals surface area contributed by atoms with Crippen molar-refractivity contribution in [3.8, 4) is 5.75 Å². The van der Waals surface area contributed by atoms with Gasteiger partial charge in [0.05, 0.1) is 22.2 Å². The van der Waals surface area contributed by atoms with Crippen LogP contribution in [0.3, 0.4) is 0 Å². The fourth-order valence-electron chi connectivity index (χ4n) is 2.53. The van der Waals surface area contributed by atoms with E-state index in [1.54, 1.807) is 0 Å². The van der Waals surface area contributed by atoms with E-state index in [4.69, 9.17) is 9.47 Å². The molecule has 0 atom stereocenters. The molecule has 132 valence electrons. The van der Waals surface area contributed by atoms with Gasteiger partial charge in [0.25, 0.3) is 5.91 Å². The smallest absolute Gasteiger partial charge is 0.262 e. The summed E-state index contributed by atoms with van der Waals surface area (Å²) in [5.74, 6) is 0.405. The number of benzene rings is 2. The maximum Gasteiger partial charge on any atom is 0.262 e. The van der Waals surface area contributed by atoms with Crippen LogP contribution in [0.1, 0.15) is 0 Å². The number of hydrogen-bond donors (Lipinski definition) is 1. The third kappa shape index (κ3) is 4.96. The van der Waals surface area contributed by atoms with E-state index in [1.165, 1.54) is 0 Å². The highest BCUT2D eigenvalue weighted by molar-refractivity contribution is 9.11. The minimum atomic E-state index is -0.207. The van der Waals surface area contributed by atoms with Crippen LogP contribution in [0.4, 0.5) is 11.4 Å². The number of nitrogens with zero attached hydrogens (tertiary/aromatic N) is 1. The zero-order valence-corrected chi connectivity index (χ0v) is 16.7. The van der Waals surface area contributed by atoms with Gasteiger partial charge in [-0.05, 0) is 68.3 Å². The van der Waals surface area contributed by atoms with Crippen molar-refractivity contribution >= 4 is 49.1 Å². The van der Waals surface area contributed by atoms with Crippen molar-refractivity contribution < 1.29 is 14.3 Å². The number of ether oxygens (including phenoxy) is 2. The first-order valence-corrected chi connectivity index (χ1v) is 9.51. The Balaban J connectivity index is 1.54. The highest BCUT2D eigenvalue weighted by Crippen LogP contribution is 2.32. The summed E-state index contributed by atoms with van der Waals surface area (Å²) in [6.45, 7) is 3.22. The first-order valence-electron chi connectivity index (χ1n) is 7.93. The van der Waals surface area contributed by atoms with Crippen LogP contribution in [0.15, 0.2) is 51.4 Å². The Hall–Kier alpha value is -1.57. The Morgan fingerprint density at radius 1 is 1.08 bits per heavy atom. The Bertz CT molecular complexity index is 711. The average Bonchev–Trinajstić information content (AvgIpc) is 2.63. The van der Waals surface area contributed by atoms with Gasteiger partial charge in [0.2, 0.25) is 0 Å². The van der Waals surface area contributed by atoms with Gasteiger partial charge in [-0.15, -0.1) is 0 Å². The second kappa shape index (κ2) is 8.69. The van der Waals surface area contributed by atoms with Gasteiger partial charge in [0.15, 0.2) is 6.61 Å². The second-order valence-electron chi connectivity index (χ2n) is 5.53. The quantitative estimate of drug-likeness (QED) is 0.717. The molecule has 7 heteroatoms. The van der Waals surface area contributed by atoms with Gasteiger partial charge in [-0.1, -0.05) is 6.07 Å². The number of carbonyl (C=O) groups is 1. The number of morpholine rings is 1. The van der Waals surface area contributed by atoms with Crippen LogP contribution in [-0.4, -0.2) is 38.8 Å². The van der Waals surface area contributed by atoms with Gasteiger partial charge in [-0.2, -0.15) is 0 Å². The molecule has 1 heterocycles. The van der Waals surface area contributed by atoms with Crippen molar-refractivity contribution in [2.24, 2.45) is 0 Å². The number of para-hydroxylation sites is 1. The van der Waals surface area contributed by atoms with E-state index in [-0.39, 0.29) is 12.5 Å². The van der Waals surface area contributed by atoms with Crippen LogP contribution >= 0.6 is 31.9 Å². The van der Waals surface area contributed by atoms with Gasteiger partial charge >= 0.3 is 0 Å². The van der Waals surface area contributed by atoms with E-state index in [1.807, 2.05) is 42.5 Å². The fourth-order valence-corrected chi connectivity index (χ4v) is 3.76. The number of carbonyl (C=O) groups excluding carboxylic acids is 1. The van der Waals surface area contributed by atoms with Gasteiger partial charge < -0.3 is 19.7 Å². The molecule has 2 aromatic rings. The Morgan fingerprint density at radius 3 is 2.36 bits per heavy atom. The molecule has 0 unspecified atom stereocenters. The lowest BCUT2D eigenvalue weighted by Gasteiger charge is -2.28. The summed E-state index contributed by atoms with van der Waals surface area (Å²) in [5, 5.41) is 2.84. The molecule has 0 bridgehead atoms. The molecule has 25 heavy (non-hydrogen) atoms. The van der Waals surface area contributed by atoms with E-state index in [0.717, 1.165) is 46.6 Å². The van der Waals surface area contributed by atoms with Crippen molar-refractivity contribution in [3.63, 3.8) is 0 Å². The van der Waals surface area contributed by atoms with E-state index in [2.05, 4.69) is 42.1 Å². The SMILES string of the molecule is O=C(COc1c(Br)cccc1Br)Nc1ccc(N2CCOCC2)cc1. The maximum atomic E-state index is 12.1. The van der Waals surface area contributed by atoms with Crippen LogP contribution < -0.4 is 15.0 Å². The van der Waals surface area contributed by atoms with Crippen LogP contribution in [-0.2, 0) is 9.53 Å². The summed E-state index contributed by atoms with van der Waals surface area (Å²) in [7, 11) is 0. The summed E-state index contributed by atoms with van der Waals surface area (Å²) in [5.41, 5.74) is 1.88. The molecule has 1 N–H and O–H groups in total. The van der Waals surface area contributed by atoms with Gasteiger partial charge in [0, 0.05) is 24.5 Å². The minimum Gasteiger partial charge on any atom is -0.481 e.